The van der Waals surface area contributed by atoms with Crippen LogP contribution in [-0.4, -0.2) is 54.7 Å². The summed E-state index contributed by atoms with van der Waals surface area (Å²) in [5.41, 5.74) is 0.912. The minimum absolute atomic E-state index is 0.159. The second-order valence-corrected chi connectivity index (χ2v) is 9.60. The van der Waals surface area contributed by atoms with Gasteiger partial charge in [-0.25, -0.2) is 13.1 Å². The van der Waals surface area contributed by atoms with Crippen LogP contribution in [-0.2, 0) is 14.8 Å². The van der Waals surface area contributed by atoms with Gasteiger partial charge < -0.3 is 10.1 Å². The maximum absolute atomic E-state index is 13.0. The normalized spacial score (nSPS) is 19.1. The quantitative estimate of drug-likeness (QED) is 0.778. The van der Waals surface area contributed by atoms with Gasteiger partial charge in [0.25, 0.3) is 5.91 Å². The van der Waals surface area contributed by atoms with Crippen molar-refractivity contribution < 1.29 is 17.9 Å². The summed E-state index contributed by atoms with van der Waals surface area (Å²) in [6, 6.07) is 6.76. The number of morpholine rings is 1. The number of aromatic nitrogens is 2. The van der Waals surface area contributed by atoms with Gasteiger partial charge in [-0.05, 0) is 50.3 Å². The third-order valence-electron chi connectivity index (χ3n) is 5.64. The zero-order valence-electron chi connectivity index (χ0n) is 16.7. The number of anilines is 1. The van der Waals surface area contributed by atoms with Crippen molar-refractivity contribution in [2.24, 2.45) is 5.92 Å². The van der Waals surface area contributed by atoms with E-state index in [9.17, 15) is 13.2 Å². The molecule has 156 valence electrons. The molecule has 1 amide bonds. The van der Waals surface area contributed by atoms with Crippen LogP contribution in [0.1, 0.15) is 41.7 Å². The van der Waals surface area contributed by atoms with Gasteiger partial charge in [0.05, 0.1) is 30.3 Å². The second kappa shape index (κ2) is 7.89. The van der Waals surface area contributed by atoms with E-state index in [1.807, 2.05) is 4.68 Å². The molecule has 2 heterocycles. The minimum atomic E-state index is -3.68. The molecule has 1 aliphatic heterocycles. The monoisotopic (exact) mass is 418 g/mol. The summed E-state index contributed by atoms with van der Waals surface area (Å²) in [6.45, 7) is 5.22. The van der Waals surface area contributed by atoms with Crippen molar-refractivity contribution in [2.75, 3.05) is 31.6 Å². The molecule has 2 fully saturated rings. The van der Waals surface area contributed by atoms with Gasteiger partial charge >= 0.3 is 0 Å². The fourth-order valence-electron chi connectivity index (χ4n) is 3.65. The second-order valence-electron chi connectivity index (χ2n) is 7.69. The molecular formula is C20H26N4O4S. The summed E-state index contributed by atoms with van der Waals surface area (Å²) < 4.78 is 34.6. The Balaban J connectivity index is 1.57. The number of nitrogens with zero attached hydrogens (tertiary/aromatic N) is 3. The highest BCUT2D eigenvalue weighted by Gasteiger charge is 2.31. The number of ether oxygens (including phenoxy) is 1. The van der Waals surface area contributed by atoms with Crippen LogP contribution in [0.5, 0.6) is 0 Å². The summed E-state index contributed by atoms with van der Waals surface area (Å²) in [7, 11) is -3.68. The van der Waals surface area contributed by atoms with Gasteiger partial charge in [0.1, 0.15) is 5.82 Å². The molecule has 0 radical (unpaired) electrons. The Morgan fingerprint density at radius 2 is 1.97 bits per heavy atom. The van der Waals surface area contributed by atoms with Crippen molar-refractivity contribution >= 4 is 21.7 Å². The van der Waals surface area contributed by atoms with Crippen molar-refractivity contribution in [3.63, 3.8) is 0 Å². The highest BCUT2D eigenvalue weighted by Crippen LogP contribution is 2.40. The van der Waals surface area contributed by atoms with E-state index >= 15 is 0 Å². The van der Waals surface area contributed by atoms with E-state index in [4.69, 9.17) is 4.74 Å². The van der Waals surface area contributed by atoms with Crippen molar-refractivity contribution in [3.05, 3.63) is 41.6 Å². The molecule has 1 saturated carbocycles. The third kappa shape index (κ3) is 4.08. The average Bonchev–Trinajstić information content (AvgIpc) is 3.47. The average molecular weight is 419 g/mol. The largest absolute Gasteiger partial charge is 0.379 e. The molecule has 1 N–H and O–H groups in total. The molecule has 4 rings (SSSR count). The molecule has 1 aromatic carbocycles. The van der Waals surface area contributed by atoms with Crippen molar-refractivity contribution in [1.82, 2.24) is 14.1 Å². The van der Waals surface area contributed by atoms with E-state index in [1.165, 1.54) is 23.2 Å². The van der Waals surface area contributed by atoms with E-state index < -0.39 is 10.0 Å². The van der Waals surface area contributed by atoms with Crippen LogP contribution in [0.2, 0.25) is 0 Å². The lowest BCUT2D eigenvalue weighted by Crippen LogP contribution is -2.40. The summed E-state index contributed by atoms with van der Waals surface area (Å²) in [5, 5.41) is 7.22. The molecule has 1 unspecified atom stereocenters. The lowest BCUT2D eigenvalue weighted by molar-refractivity contribution is 0.0730. The molecule has 1 atom stereocenters. The lowest BCUT2D eigenvalue weighted by Gasteiger charge is -2.26. The van der Waals surface area contributed by atoms with Crippen molar-refractivity contribution in [1.29, 1.82) is 0 Å². The van der Waals surface area contributed by atoms with Crippen LogP contribution in [0.4, 0.5) is 5.82 Å². The Labute approximate surface area is 170 Å². The van der Waals surface area contributed by atoms with Gasteiger partial charge in [0.2, 0.25) is 10.0 Å². The number of carbonyl (C=O) groups excluding carboxylic acids is 1. The number of carbonyl (C=O) groups is 1. The third-order valence-corrected chi connectivity index (χ3v) is 7.68. The van der Waals surface area contributed by atoms with Gasteiger partial charge in [-0.15, -0.1) is 0 Å². The number of hydrogen-bond donors (Lipinski definition) is 1. The standard InChI is InChI=1S/C20H26N4O4S/c1-14-3-4-17(13-18(14)29(26,27)23-9-11-28-12-10-23)20(25)22-19-7-8-21-24(19)15(2)16-5-6-16/h3-4,7-8,13,15-16H,5-6,9-12H2,1-2H3,(H,22,25). The van der Waals surface area contributed by atoms with Crippen LogP contribution in [0.25, 0.3) is 0 Å². The van der Waals surface area contributed by atoms with E-state index in [1.54, 1.807) is 31.3 Å². The molecule has 1 saturated heterocycles. The summed E-state index contributed by atoms with van der Waals surface area (Å²) in [4.78, 5) is 13.0. The number of sulfonamides is 1. The maximum Gasteiger partial charge on any atom is 0.256 e. The zero-order valence-corrected chi connectivity index (χ0v) is 17.5. The first kappa shape index (κ1) is 20.1. The molecule has 2 aromatic rings. The molecule has 9 heteroatoms. The minimum Gasteiger partial charge on any atom is -0.379 e. The molecule has 8 nitrogen and oxygen atoms in total. The highest BCUT2D eigenvalue weighted by molar-refractivity contribution is 7.89. The first-order valence-corrected chi connectivity index (χ1v) is 11.4. The van der Waals surface area contributed by atoms with E-state index in [0.717, 1.165) is 0 Å². The van der Waals surface area contributed by atoms with Gasteiger partial charge in [0.15, 0.2) is 0 Å². The van der Waals surface area contributed by atoms with Crippen LogP contribution in [0.3, 0.4) is 0 Å². The Kier molecular flexibility index (Phi) is 5.46. The SMILES string of the molecule is Cc1ccc(C(=O)Nc2ccnn2C(C)C2CC2)cc1S(=O)(=O)N1CCOCC1. The Morgan fingerprint density at radius 1 is 1.24 bits per heavy atom. The van der Waals surface area contributed by atoms with Crippen LogP contribution in [0.15, 0.2) is 35.4 Å². The molecule has 0 bridgehead atoms. The number of aryl methyl sites for hydroxylation is 1. The molecular weight excluding hydrogens is 392 g/mol. The predicted octanol–water partition coefficient (Wildman–Crippen LogP) is 2.44. The van der Waals surface area contributed by atoms with Crippen LogP contribution >= 0.6 is 0 Å². The smallest absolute Gasteiger partial charge is 0.256 e. The van der Waals surface area contributed by atoms with Gasteiger partial charge in [-0.1, -0.05) is 6.07 Å². The summed E-state index contributed by atoms with van der Waals surface area (Å²) in [5.74, 6) is 0.857. The maximum atomic E-state index is 13.0. The number of hydrogen-bond acceptors (Lipinski definition) is 5. The first-order valence-electron chi connectivity index (χ1n) is 9.91. The van der Waals surface area contributed by atoms with E-state index in [2.05, 4.69) is 17.3 Å². The number of nitrogens with one attached hydrogen (secondary N) is 1. The number of rotatable bonds is 6. The summed E-state index contributed by atoms with van der Waals surface area (Å²) >= 11 is 0. The van der Waals surface area contributed by atoms with Gasteiger partial charge in [0, 0.05) is 24.7 Å². The molecule has 1 aliphatic carbocycles. The molecule has 1 aromatic heterocycles. The topological polar surface area (TPSA) is 93.5 Å². The Hall–Kier alpha value is -2.23. The fraction of sp³-hybridized carbons (Fsp3) is 0.500. The molecule has 29 heavy (non-hydrogen) atoms. The zero-order chi connectivity index (χ0) is 20.6. The molecule has 2 aliphatic rings. The number of benzene rings is 1. The number of amides is 1. The first-order chi connectivity index (χ1) is 13.9. The van der Waals surface area contributed by atoms with Crippen LogP contribution in [0, 0.1) is 12.8 Å². The highest BCUT2D eigenvalue weighted by atomic mass is 32.2. The van der Waals surface area contributed by atoms with Gasteiger partial charge in [-0.2, -0.15) is 9.40 Å². The lowest BCUT2D eigenvalue weighted by atomic mass is 10.1. The fourth-order valence-corrected chi connectivity index (χ4v) is 5.31. The van der Waals surface area contributed by atoms with Gasteiger partial charge in [-0.3, -0.25) is 4.79 Å². The van der Waals surface area contributed by atoms with Crippen molar-refractivity contribution in [2.45, 2.75) is 37.6 Å². The van der Waals surface area contributed by atoms with E-state index in [-0.39, 0.29) is 16.8 Å². The van der Waals surface area contributed by atoms with Crippen molar-refractivity contribution in [3.8, 4) is 0 Å². The predicted molar refractivity (Wildman–Crippen MR) is 108 cm³/mol. The Morgan fingerprint density at radius 3 is 2.66 bits per heavy atom. The summed E-state index contributed by atoms with van der Waals surface area (Å²) in [6.07, 6.45) is 4.02. The Bertz CT molecular complexity index is 1010. The van der Waals surface area contributed by atoms with E-state index in [0.29, 0.717) is 49.2 Å². The molecule has 0 spiro atoms. The van der Waals surface area contributed by atoms with Crippen LogP contribution < -0.4 is 5.32 Å².